The second kappa shape index (κ2) is 10.4. The topological polar surface area (TPSA) is 67.4 Å². The third-order valence-electron chi connectivity index (χ3n) is 5.17. The number of Topliss-reactive ketones (excluding diaryl/α,β-unsaturated/α-hetero) is 1. The van der Waals surface area contributed by atoms with Crippen molar-refractivity contribution in [1.82, 2.24) is 10.6 Å². The fourth-order valence-electron chi connectivity index (χ4n) is 3.53. The zero-order chi connectivity index (χ0) is 18.8. The van der Waals surface area contributed by atoms with E-state index in [4.69, 9.17) is 4.74 Å². The maximum atomic E-state index is 12.3. The van der Waals surface area contributed by atoms with Gasteiger partial charge in [-0.05, 0) is 37.9 Å². The Hall–Kier alpha value is -1.72. The highest BCUT2D eigenvalue weighted by atomic mass is 16.5. The van der Waals surface area contributed by atoms with Crippen LogP contribution in [0.2, 0.25) is 0 Å². The second-order valence-electron chi connectivity index (χ2n) is 7.33. The van der Waals surface area contributed by atoms with Crippen LogP contribution in [0.5, 0.6) is 0 Å². The summed E-state index contributed by atoms with van der Waals surface area (Å²) in [6.45, 7) is 5.30. The van der Waals surface area contributed by atoms with E-state index in [1.807, 2.05) is 24.3 Å². The van der Waals surface area contributed by atoms with Gasteiger partial charge in [0, 0.05) is 37.5 Å². The molecular weight excluding hydrogens is 328 g/mol. The van der Waals surface area contributed by atoms with E-state index in [2.05, 4.69) is 17.6 Å². The van der Waals surface area contributed by atoms with Gasteiger partial charge in [0.1, 0.15) is 0 Å². The van der Waals surface area contributed by atoms with Gasteiger partial charge in [-0.1, -0.05) is 37.6 Å². The monoisotopic (exact) mass is 360 g/mol. The third kappa shape index (κ3) is 6.22. The molecule has 5 nitrogen and oxygen atoms in total. The molecule has 5 heteroatoms. The SMILES string of the molecule is CCCc1ccc(C(=O)CCC(=O)NCC2(COC)CCNCC2)cc1. The van der Waals surface area contributed by atoms with Gasteiger partial charge in [-0.25, -0.2) is 0 Å². The van der Waals surface area contributed by atoms with Crippen molar-refractivity contribution in [2.24, 2.45) is 5.41 Å². The zero-order valence-electron chi connectivity index (χ0n) is 16.1. The van der Waals surface area contributed by atoms with E-state index in [1.165, 1.54) is 5.56 Å². The summed E-state index contributed by atoms with van der Waals surface area (Å²) in [6, 6.07) is 7.74. The lowest BCUT2D eigenvalue weighted by Gasteiger charge is -2.37. The predicted octanol–water partition coefficient (Wildman–Crippen LogP) is 2.73. The Kier molecular flexibility index (Phi) is 8.26. The van der Waals surface area contributed by atoms with Gasteiger partial charge in [0.15, 0.2) is 5.78 Å². The fraction of sp³-hybridized carbons (Fsp3) is 0.619. The number of carbonyl (C=O) groups is 2. The molecule has 1 aromatic rings. The van der Waals surface area contributed by atoms with Gasteiger partial charge in [0.2, 0.25) is 5.91 Å². The highest BCUT2D eigenvalue weighted by Gasteiger charge is 2.32. The lowest BCUT2D eigenvalue weighted by Crippen LogP contribution is -2.47. The number of amides is 1. The lowest BCUT2D eigenvalue weighted by molar-refractivity contribution is -0.122. The molecular formula is C21H32N2O3. The number of benzene rings is 1. The van der Waals surface area contributed by atoms with Crippen LogP contribution in [0.15, 0.2) is 24.3 Å². The van der Waals surface area contributed by atoms with Crippen molar-refractivity contribution < 1.29 is 14.3 Å². The molecule has 1 heterocycles. The molecule has 0 aliphatic carbocycles. The van der Waals surface area contributed by atoms with Crippen LogP contribution < -0.4 is 10.6 Å². The summed E-state index contributed by atoms with van der Waals surface area (Å²) >= 11 is 0. The van der Waals surface area contributed by atoms with Crippen LogP contribution in [0.1, 0.15) is 54.9 Å². The average Bonchev–Trinajstić information content (AvgIpc) is 2.66. The van der Waals surface area contributed by atoms with Crippen molar-refractivity contribution in [1.29, 1.82) is 0 Å². The van der Waals surface area contributed by atoms with Crippen molar-refractivity contribution in [2.75, 3.05) is 33.4 Å². The molecule has 1 aliphatic heterocycles. The molecule has 2 rings (SSSR count). The number of aryl methyl sites for hydroxylation is 1. The van der Waals surface area contributed by atoms with Gasteiger partial charge in [0.05, 0.1) is 6.61 Å². The lowest BCUT2D eigenvalue weighted by atomic mass is 9.79. The molecule has 0 unspecified atom stereocenters. The van der Waals surface area contributed by atoms with E-state index in [0.29, 0.717) is 18.7 Å². The minimum atomic E-state index is -0.0602. The Labute approximate surface area is 156 Å². The molecule has 1 saturated heterocycles. The predicted molar refractivity (Wildman–Crippen MR) is 103 cm³/mol. The largest absolute Gasteiger partial charge is 0.384 e. The highest BCUT2D eigenvalue weighted by molar-refractivity contribution is 5.97. The highest BCUT2D eigenvalue weighted by Crippen LogP contribution is 2.28. The van der Waals surface area contributed by atoms with Crippen molar-refractivity contribution in [3.8, 4) is 0 Å². The summed E-state index contributed by atoms with van der Waals surface area (Å²) in [5, 5.41) is 6.35. The first-order valence-corrected chi connectivity index (χ1v) is 9.67. The Bertz CT molecular complexity index is 572. The van der Waals surface area contributed by atoms with Gasteiger partial charge in [-0.2, -0.15) is 0 Å². The van der Waals surface area contributed by atoms with Crippen molar-refractivity contribution in [3.05, 3.63) is 35.4 Å². The van der Waals surface area contributed by atoms with Crippen LogP contribution in [-0.4, -0.2) is 45.0 Å². The van der Waals surface area contributed by atoms with Crippen LogP contribution in [0.25, 0.3) is 0 Å². The summed E-state index contributed by atoms with van der Waals surface area (Å²) in [5.41, 5.74) is 1.94. The number of piperidine rings is 1. The maximum Gasteiger partial charge on any atom is 0.220 e. The fourth-order valence-corrected chi connectivity index (χ4v) is 3.53. The van der Waals surface area contributed by atoms with E-state index in [1.54, 1.807) is 7.11 Å². The number of carbonyl (C=O) groups excluding carboxylic acids is 2. The third-order valence-corrected chi connectivity index (χ3v) is 5.17. The molecule has 0 atom stereocenters. The van der Waals surface area contributed by atoms with E-state index in [-0.39, 0.29) is 29.9 Å². The first-order valence-electron chi connectivity index (χ1n) is 9.67. The number of rotatable bonds is 10. The summed E-state index contributed by atoms with van der Waals surface area (Å²) in [7, 11) is 1.70. The second-order valence-corrected chi connectivity index (χ2v) is 7.33. The van der Waals surface area contributed by atoms with Crippen molar-refractivity contribution >= 4 is 11.7 Å². The number of methoxy groups -OCH3 is 1. The van der Waals surface area contributed by atoms with E-state index < -0.39 is 0 Å². The van der Waals surface area contributed by atoms with Gasteiger partial charge in [-0.3, -0.25) is 9.59 Å². The van der Waals surface area contributed by atoms with E-state index >= 15 is 0 Å². The molecule has 0 aromatic heterocycles. The zero-order valence-corrected chi connectivity index (χ0v) is 16.1. The molecule has 2 N–H and O–H groups in total. The molecule has 0 saturated carbocycles. The van der Waals surface area contributed by atoms with Crippen molar-refractivity contribution in [3.63, 3.8) is 0 Å². The normalized spacial score (nSPS) is 16.2. The van der Waals surface area contributed by atoms with E-state index in [0.717, 1.165) is 38.8 Å². The maximum absolute atomic E-state index is 12.3. The van der Waals surface area contributed by atoms with Gasteiger partial charge >= 0.3 is 0 Å². The Morgan fingerprint density at radius 3 is 2.46 bits per heavy atom. The summed E-state index contributed by atoms with van der Waals surface area (Å²) in [5.74, 6) is -0.0355. The van der Waals surface area contributed by atoms with Gasteiger partial charge < -0.3 is 15.4 Å². The first kappa shape index (κ1) is 20.6. The van der Waals surface area contributed by atoms with Crippen LogP contribution in [0, 0.1) is 5.41 Å². The smallest absolute Gasteiger partial charge is 0.220 e. The number of ether oxygens (including phenoxy) is 1. The summed E-state index contributed by atoms with van der Waals surface area (Å²) in [6.07, 6.45) is 4.58. The standard InChI is InChI=1S/C21H32N2O3/c1-3-4-17-5-7-18(8-6-17)19(24)9-10-20(25)23-15-21(16-26-2)11-13-22-14-12-21/h5-8,22H,3-4,9-16H2,1-2H3,(H,23,25). The molecule has 0 radical (unpaired) electrons. The summed E-state index contributed by atoms with van der Waals surface area (Å²) < 4.78 is 5.37. The van der Waals surface area contributed by atoms with Gasteiger partial charge in [0.25, 0.3) is 0 Å². The molecule has 1 fully saturated rings. The number of nitrogens with one attached hydrogen (secondary N) is 2. The summed E-state index contributed by atoms with van der Waals surface area (Å²) in [4.78, 5) is 24.5. The molecule has 144 valence electrons. The quantitative estimate of drug-likeness (QED) is 0.630. The molecule has 1 amide bonds. The van der Waals surface area contributed by atoms with E-state index in [9.17, 15) is 9.59 Å². The molecule has 0 spiro atoms. The molecule has 26 heavy (non-hydrogen) atoms. The number of hydrogen-bond donors (Lipinski definition) is 2. The van der Waals surface area contributed by atoms with Gasteiger partial charge in [-0.15, -0.1) is 0 Å². The average molecular weight is 360 g/mol. The minimum Gasteiger partial charge on any atom is -0.384 e. The van der Waals surface area contributed by atoms with Crippen molar-refractivity contribution in [2.45, 2.75) is 45.4 Å². The van der Waals surface area contributed by atoms with Crippen LogP contribution in [-0.2, 0) is 16.0 Å². The molecule has 1 aliphatic rings. The first-order chi connectivity index (χ1) is 12.6. The van der Waals surface area contributed by atoms with Crippen LogP contribution in [0.3, 0.4) is 0 Å². The van der Waals surface area contributed by atoms with Crippen LogP contribution in [0.4, 0.5) is 0 Å². The van der Waals surface area contributed by atoms with Crippen LogP contribution >= 0.6 is 0 Å². The minimum absolute atomic E-state index is 0.00871. The number of hydrogen-bond acceptors (Lipinski definition) is 4. The Morgan fingerprint density at radius 1 is 1.15 bits per heavy atom. The molecule has 1 aromatic carbocycles. The number of ketones is 1. The molecule has 0 bridgehead atoms. The Balaban J connectivity index is 1.77. The Morgan fingerprint density at radius 2 is 1.85 bits per heavy atom.